The second-order valence-corrected chi connectivity index (χ2v) is 12.2. The lowest BCUT2D eigenvalue weighted by molar-refractivity contribution is -0.118. The van der Waals surface area contributed by atoms with E-state index in [1.165, 1.54) is 23.3 Å². The smallest absolute Gasteiger partial charge is 0.162 e. The molecule has 4 aliphatic rings. The summed E-state index contributed by atoms with van der Waals surface area (Å²) in [6.45, 7) is 6.36. The van der Waals surface area contributed by atoms with Crippen LogP contribution >= 0.6 is 11.3 Å². The number of benzene rings is 1. The highest BCUT2D eigenvalue weighted by molar-refractivity contribution is 7.17. The van der Waals surface area contributed by atoms with Gasteiger partial charge in [-0.25, -0.2) is 4.99 Å². The summed E-state index contributed by atoms with van der Waals surface area (Å²) in [4.78, 5) is 22.2. The van der Waals surface area contributed by atoms with E-state index in [1.807, 2.05) is 31.2 Å². The van der Waals surface area contributed by atoms with Crippen LogP contribution in [-0.2, 0) is 17.6 Å². The average molecular weight is 483 g/mol. The molecular weight excluding hydrogens is 452 g/mol. The summed E-state index contributed by atoms with van der Waals surface area (Å²) >= 11 is 1.79. The van der Waals surface area contributed by atoms with Crippen LogP contribution in [0.15, 0.2) is 51.9 Å². The van der Waals surface area contributed by atoms with Crippen molar-refractivity contribution < 1.29 is 4.79 Å². The molecule has 0 bridgehead atoms. The molecule has 178 valence electrons. The van der Waals surface area contributed by atoms with Gasteiger partial charge in [0.1, 0.15) is 10.8 Å². The molecule has 35 heavy (non-hydrogen) atoms. The van der Waals surface area contributed by atoms with Crippen LogP contribution in [0.2, 0.25) is 0 Å². The largest absolute Gasteiger partial charge is 0.383 e. The predicted molar refractivity (Wildman–Crippen MR) is 140 cm³/mol. The number of aliphatic imine (C=N–C) groups is 1. The van der Waals surface area contributed by atoms with Crippen LogP contribution in [0.4, 0.5) is 5.00 Å². The molecule has 0 spiro atoms. The van der Waals surface area contributed by atoms with Crippen LogP contribution < -0.4 is 10.6 Å². The number of nitrogens with zero attached hydrogens (tertiary/aromatic N) is 3. The third-order valence-electron chi connectivity index (χ3n) is 7.82. The number of amidine groups is 1. The van der Waals surface area contributed by atoms with Gasteiger partial charge < -0.3 is 5.73 Å². The van der Waals surface area contributed by atoms with E-state index in [1.54, 1.807) is 11.3 Å². The molecule has 1 aromatic carbocycles. The highest BCUT2D eigenvalue weighted by Crippen LogP contribution is 2.55. The molecule has 2 aliphatic heterocycles. The maximum absolute atomic E-state index is 13.8. The molecule has 0 saturated heterocycles. The minimum absolute atomic E-state index is 0.135. The Morgan fingerprint density at radius 1 is 1.14 bits per heavy atom. The number of Topliss-reactive ketones (excluding diaryl/α,β-unsaturated/α-hetero) is 1. The van der Waals surface area contributed by atoms with Gasteiger partial charge in [-0.3, -0.25) is 9.69 Å². The third-order valence-corrected chi connectivity index (χ3v) is 9.09. The number of anilines is 1. The molecule has 1 atom stereocenters. The maximum atomic E-state index is 13.8. The number of aryl methyl sites for hydroxylation is 2. The van der Waals surface area contributed by atoms with Crippen LogP contribution in [0.3, 0.4) is 0 Å². The van der Waals surface area contributed by atoms with Gasteiger partial charge in [-0.2, -0.15) is 5.26 Å². The highest BCUT2D eigenvalue weighted by atomic mass is 32.1. The Labute approximate surface area is 210 Å². The molecule has 2 aliphatic carbocycles. The van der Waals surface area contributed by atoms with Gasteiger partial charge in [0.15, 0.2) is 11.6 Å². The van der Waals surface area contributed by atoms with Crippen molar-refractivity contribution in [1.29, 1.82) is 5.26 Å². The van der Waals surface area contributed by atoms with E-state index in [0.29, 0.717) is 23.7 Å². The topological polar surface area (TPSA) is 82.5 Å². The average Bonchev–Trinajstić information content (AvgIpc) is 3.01. The van der Waals surface area contributed by atoms with Crippen molar-refractivity contribution in [2.45, 2.75) is 71.6 Å². The first-order chi connectivity index (χ1) is 16.8. The first-order valence-corrected chi connectivity index (χ1v) is 13.4. The molecule has 0 fully saturated rings. The number of ketones is 1. The number of hydrogen-bond acceptors (Lipinski definition) is 6. The van der Waals surface area contributed by atoms with Gasteiger partial charge in [0.25, 0.3) is 0 Å². The van der Waals surface area contributed by atoms with Gasteiger partial charge in [-0.15, -0.1) is 11.3 Å². The van der Waals surface area contributed by atoms with Gasteiger partial charge in [0.05, 0.1) is 23.1 Å². The van der Waals surface area contributed by atoms with Crippen molar-refractivity contribution in [2.75, 3.05) is 4.90 Å². The maximum Gasteiger partial charge on any atom is 0.162 e. The van der Waals surface area contributed by atoms with Crippen LogP contribution in [0.5, 0.6) is 0 Å². The molecule has 3 heterocycles. The van der Waals surface area contributed by atoms with Crippen LogP contribution in [0, 0.1) is 23.7 Å². The molecule has 0 saturated carbocycles. The van der Waals surface area contributed by atoms with E-state index in [2.05, 4.69) is 24.8 Å². The number of fused-ring (bicyclic) bond motifs is 6. The standard InChI is InChI=1S/C29H30N4OS/c1-16-9-11-17(12-10-16)23-19(15-30)27-32-26(31)24-18-7-5-4-6-8-22(18)35-28(24)33(27)20-13-29(2,3)14-21(34)25(20)23/h9-12,23H,4-8,13-14H2,1-3H3,(H2,31,32)/t23-/m1/s1. The number of carbonyl (C=O) groups is 1. The van der Waals surface area contributed by atoms with Gasteiger partial charge in [0, 0.05) is 22.6 Å². The number of carbonyl (C=O) groups excluding carboxylic acids is 1. The molecule has 6 rings (SSSR count). The summed E-state index contributed by atoms with van der Waals surface area (Å²) in [5, 5.41) is 11.5. The molecule has 2 N–H and O–H groups in total. The SMILES string of the molecule is Cc1ccc([C@@H]2C(C#N)=C3N=C(N)c4c(sc5c4CCCCC5)N3C3=C2C(=O)CC(C)(C)C3)cc1. The first kappa shape index (κ1) is 22.3. The second kappa shape index (κ2) is 7.93. The number of rotatable bonds is 1. The van der Waals surface area contributed by atoms with E-state index in [9.17, 15) is 10.1 Å². The molecule has 6 heteroatoms. The molecule has 0 radical (unpaired) electrons. The molecule has 2 aromatic rings. The quantitative estimate of drug-likeness (QED) is 0.503. The minimum atomic E-state index is -0.415. The Hall–Kier alpha value is -3.17. The lowest BCUT2D eigenvalue weighted by atomic mass is 9.68. The summed E-state index contributed by atoms with van der Waals surface area (Å²) in [6, 6.07) is 10.6. The van der Waals surface area contributed by atoms with E-state index in [4.69, 9.17) is 10.7 Å². The lowest BCUT2D eigenvalue weighted by Gasteiger charge is -2.44. The molecule has 1 aromatic heterocycles. The fourth-order valence-corrected chi connectivity index (χ4v) is 7.63. The van der Waals surface area contributed by atoms with Crippen LogP contribution in [-0.4, -0.2) is 11.6 Å². The first-order valence-electron chi connectivity index (χ1n) is 12.6. The molecule has 0 unspecified atom stereocenters. The Bertz CT molecular complexity index is 1400. The summed E-state index contributed by atoms with van der Waals surface area (Å²) < 4.78 is 0. The summed E-state index contributed by atoms with van der Waals surface area (Å²) in [7, 11) is 0. The minimum Gasteiger partial charge on any atom is -0.383 e. The van der Waals surface area contributed by atoms with E-state index in [-0.39, 0.29) is 11.2 Å². The van der Waals surface area contributed by atoms with E-state index in [0.717, 1.165) is 58.6 Å². The zero-order chi connectivity index (χ0) is 24.5. The number of hydrogen-bond donors (Lipinski definition) is 1. The fourth-order valence-electron chi connectivity index (χ4n) is 6.21. The van der Waals surface area contributed by atoms with Crippen molar-refractivity contribution in [3.05, 3.63) is 74.1 Å². The summed E-state index contributed by atoms with van der Waals surface area (Å²) in [5.74, 6) is 0.826. The summed E-state index contributed by atoms with van der Waals surface area (Å²) in [6.07, 6.45) is 6.88. The van der Waals surface area contributed by atoms with Crippen molar-refractivity contribution >= 4 is 28.0 Å². The number of allylic oxidation sites excluding steroid dienone is 3. The van der Waals surface area contributed by atoms with Gasteiger partial charge in [-0.1, -0.05) is 50.1 Å². The van der Waals surface area contributed by atoms with Crippen LogP contribution in [0.1, 0.15) is 79.0 Å². The van der Waals surface area contributed by atoms with Crippen molar-refractivity contribution in [1.82, 2.24) is 0 Å². The molecular formula is C29H30N4OS. The zero-order valence-electron chi connectivity index (χ0n) is 20.6. The Kier molecular flexibility index (Phi) is 5.05. The van der Waals surface area contributed by atoms with Gasteiger partial charge in [0.2, 0.25) is 0 Å². The van der Waals surface area contributed by atoms with Gasteiger partial charge >= 0.3 is 0 Å². The van der Waals surface area contributed by atoms with Crippen molar-refractivity contribution in [3.63, 3.8) is 0 Å². The summed E-state index contributed by atoms with van der Waals surface area (Å²) in [5.41, 5.74) is 13.2. The zero-order valence-corrected chi connectivity index (χ0v) is 21.4. The number of nitriles is 1. The Morgan fingerprint density at radius 3 is 2.63 bits per heavy atom. The van der Waals surface area contributed by atoms with Crippen molar-refractivity contribution in [2.24, 2.45) is 16.1 Å². The Morgan fingerprint density at radius 2 is 1.89 bits per heavy atom. The monoisotopic (exact) mass is 482 g/mol. The second-order valence-electron chi connectivity index (χ2n) is 11.1. The molecule has 0 amide bonds. The lowest BCUT2D eigenvalue weighted by Crippen LogP contribution is -2.41. The number of nitrogens with two attached hydrogens (primary N) is 1. The van der Waals surface area contributed by atoms with Crippen LogP contribution in [0.25, 0.3) is 0 Å². The highest BCUT2D eigenvalue weighted by Gasteiger charge is 2.47. The normalized spacial score (nSPS) is 23.0. The van der Waals surface area contributed by atoms with E-state index >= 15 is 0 Å². The van der Waals surface area contributed by atoms with E-state index < -0.39 is 5.92 Å². The van der Waals surface area contributed by atoms with Gasteiger partial charge in [-0.05, 0) is 55.6 Å². The fraction of sp³-hybridized carbons (Fsp3) is 0.414. The predicted octanol–water partition coefficient (Wildman–Crippen LogP) is 6.03. The molecule has 5 nitrogen and oxygen atoms in total. The Balaban J connectivity index is 1.64. The third kappa shape index (κ3) is 3.40. The van der Waals surface area contributed by atoms with Crippen molar-refractivity contribution in [3.8, 4) is 6.07 Å². The number of thiophene rings is 1.